The number of fused-ring (bicyclic) bond motifs is 3. The summed E-state index contributed by atoms with van der Waals surface area (Å²) in [5.74, 6) is 1.79. The van der Waals surface area contributed by atoms with Gasteiger partial charge < -0.3 is 14.0 Å². The monoisotopic (exact) mass is 551 g/mol. The maximum absolute atomic E-state index is 13.7. The van der Waals surface area contributed by atoms with E-state index in [2.05, 4.69) is 36.3 Å². The summed E-state index contributed by atoms with van der Waals surface area (Å²) in [5, 5.41) is 11.4. The van der Waals surface area contributed by atoms with E-state index in [1.807, 2.05) is 65.4 Å². The van der Waals surface area contributed by atoms with Crippen molar-refractivity contribution in [2.24, 2.45) is 0 Å². The van der Waals surface area contributed by atoms with Gasteiger partial charge in [-0.3, -0.25) is 14.9 Å². The first-order chi connectivity index (χ1) is 18.1. The molecule has 0 saturated heterocycles. The van der Waals surface area contributed by atoms with Gasteiger partial charge in [0.05, 0.1) is 16.6 Å². The zero-order chi connectivity index (χ0) is 24.9. The predicted octanol–water partition coefficient (Wildman–Crippen LogP) is 5.70. The number of H-pyrrole nitrogens is 1. The Hall–Kier alpha value is -4.50. The second-order valence-electron chi connectivity index (χ2n) is 8.84. The third-order valence-corrected chi connectivity index (χ3v) is 6.96. The van der Waals surface area contributed by atoms with Crippen LogP contribution in [-0.2, 0) is 13.0 Å². The molecule has 0 bridgehead atoms. The Labute approximate surface area is 218 Å². The molecule has 0 fully saturated rings. The van der Waals surface area contributed by atoms with Gasteiger partial charge in [-0.25, -0.2) is 0 Å². The van der Waals surface area contributed by atoms with Gasteiger partial charge in [0.1, 0.15) is 23.4 Å². The van der Waals surface area contributed by atoms with Crippen LogP contribution in [0.3, 0.4) is 0 Å². The summed E-state index contributed by atoms with van der Waals surface area (Å²) in [5.41, 5.74) is 5.58. The summed E-state index contributed by atoms with van der Waals surface area (Å²) in [7, 11) is 0. The lowest BCUT2D eigenvalue weighted by molar-refractivity contribution is 0.306. The van der Waals surface area contributed by atoms with Crippen molar-refractivity contribution in [2.75, 3.05) is 0 Å². The van der Waals surface area contributed by atoms with Gasteiger partial charge in [0.15, 0.2) is 16.9 Å². The molecule has 6 aromatic rings. The van der Waals surface area contributed by atoms with Gasteiger partial charge in [-0.1, -0.05) is 39.3 Å². The Morgan fingerprint density at radius 1 is 1.03 bits per heavy atom. The van der Waals surface area contributed by atoms with Crippen molar-refractivity contribution in [2.45, 2.75) is 13.0 Å². The molecule has 3 aromatic carbocycles. The molecule has 0 spiro atoms. The first-order valence-electron chi connectivity index (χ1n) is 11.6. The number of halogens is 1. The molecular formula is C28H18BrN5O3. The summed E-state index contributed by atoms with van der Waals surface area (Å²) in [6.07, 6.45) is 5.87. The van der Waals surface area contributed by atoms with Gasteiger partial charge >= 0.3 is 0 Å². The molecule has 180 valence electrons. The summed E-state index contributed by atoms with van der Waals surface area (Å²) in [6.45, 7) is 0.266. The van der Waals surface area contributed by atoms with E-state index in [-0.39, 0.29) is 12.0 Å². The lowest BCUT2D eigenvalue weighted by atomic mass is 10.0. The van der Waals surface area contributed by atoms with Crippen molar-refractivity contribution in [1.82, 2.24) is 25.0 Å². The van der Waals surface area contributed by atoms with E-state index in [1.54, 1.807) is 18.5 Å². The largest absolute Gasteiger partial charge is 0.489 e. The number of aromatic nitrogens is 5. The topological polar surface area (TPSA) is 94.9 Å². The van der Waals surface area contributed by atoms with E-state index in [0.717, 1.165) is 32.3 Å². The maximum Gasteiger partial charge on any atom is 0.193 e. The maximum atomic E-state index is 13.7. The molecule has 0 atom stereocenters. The van der Waals surface area contributed by atoms with E-state index in [9.17, 15) is 4.79 Å². The van der Waals surface area contributed by atoms with Crippen LogP contribution < -0.4 is 14.9 Å². The van der Waals surface area contributed by atoms with E-state index >= 15 is 0 Å². The van der Waals surface area contributed by atoms with Crippen LogP contribution in [0.4, 0.5) is 0 Å². The van der Waals surface area contributed by atoms with Gasteiger partial charge in [-0.2, -0.15) is 0 Å². The minimum atomic E-state index is -0.0672. The quantitative estimate of drug-likeness (QED) is 0.295. The highest BCUT2D eigenvalue weighted by Crippen LogP contribution is 2.42. The van der Waals surface area contributed by atoms with Gasteiger partial charge in [-0.05, 0) is 42.0 Å². The molecule has 0 radical (unpaired) electrons. The van der Waals surface area contributed by atoms with Crippen molar-refractivity contribution in [3.63, 3.8) is 0 Å². The lowest BCUT2D eigenvalue weighted by Crippen LogP contribution is -2.17. The van der Waals surface area contributed by atoms with Crippen molar-refractivity contribution in [3.05, 3.63) is 111 Å². The fourth-order valence-corrected chi connectivity index (χ4v) is 5.09. The number of hydrogen-bond acceptors (Lipinski definition) is 6. The molecule has 8 nitrogen and oxygen atoms in total. The minimum Gasteiger partial charge on any atom is -0.489 e. The van der Waals surface area contributed by atoms with Crippen molar-refractivity contribution < 1.29 is 9.47 Å². The molecule has 0 aliphatic carbocycles. The van der Waals surface area contributed by atoms with Crippen molar-refractivity contribution >= 4 is 37.9 Å². The Morgan fingerprint density at radius 3 is 2.86 bits per heavy atom. The van der Waals surface area contributed by atoms with Crippen LogP contribution in [0.1, 0.15) is 16.7 Å². The molecule has 4 heterocycles. The average Bonchev–Trinajstić information content (AvgIpc) is 3.40. The summed E-state index contributed by atoms with van der Waals surface area (Å²) in [6, 6.07) is 19.1. The van der Waals surface area contributed by atoms with Crippen LogP contribution in [0.25, 0.3) is 27.6 Å². The van der Waals surface area contributed by atoms with Gasteiger partial charge in [0.2, 0.25) is 0 Å². The summed E-state index contributed by atoms with van der Waals surface area (Å²) in [4.78, 5) is 18.0. The molecule has 1 aliphatic heterocycles. The second-order valence-corrected chi connectivity index (χ2v) is 9.75. The van der Waals surface area contributed by atoms with Crippen LogP contribution in [-0.4, -0.2) is 25.0 Å². The number of hydrogen-bond donors (Lipinski definition) is 1. The number of benzene rings is 3. The van der Waals surface area contributed by atoms with Crippen LogP contribution in [0.15, 0.2) is 88.5 Å². The number of nitrogens with one attached hydrogen (secondary N) is 1. The Bertz CT molecular complexity index is 1880. The molecular weight excluding hydrogens is 534 g/mol. The van der Waals surface area contributed by atoms with E-state index < -0.39 is 0 Å². The van der Waals surface area contributed by atoms with Crippen LogP contribution in [0.5, 0.6) is 17.2 Å². The second kappa shape index (κ2) is 8.56. The number of pyridine rings is 2. The first-order valence-corrected chi connectivity index (χ1v) is 12.4. The van der Waals surface area contributed by atoms with Gasteiger partial charge in [0, 0.05) is 46.7 Å². The number of rotatable bonds is 5. The molecule has 3 aromatic heterocycles. The zero-order valence-electron chi connectivity index (χ0n) is 19.3. The van der Waals surface area contributed by atoms with Crippen LogP contribution >= 0.6 is 15.9 Å². The summed E-state index contributed by atoms with van der Waals surface area (Å²) < 4.78 is 15.4. The molecule has 0 amide bonds. The molecule has 1 aliphatic rings. The molecule has 7 rings (SSSR count). The standard InChI is InChI=1S/C28H18BrN5O3/c29-19-6-7-24-23(10-19)34-14-18(9-16-3-2-8-30-13-16)28(35)21-11-20(12-25(37-24)27(21)34)36-15-17-4-1-5-22-26(17)32-33-31-22/h1-8,10-14H,9,15H2,(H,31,32,33). The molecule has 0 saturated carbocycles. The third-order valence-electron chi connectivity index (χ3n) is 6.46. The van der Waals surface area contributed by atoms with Gasteiger partial charge in [-0.15, -0.1) is 5.10 Å². The molecule has 1 N–H and O–H groups in total. The summed E-state index contributed by atoms with van der Waals surface area (Å²) >= 11 is 3.56. The number of aromatic amines is 1. The van der Waals surface area contributed by atoms with E-state index in [4.69, 9.17) is 9.47 Å². The average molecular weight is 552 g/mol. The van der Waals surface area contributed by atoms with Crippen LogP contribution in [0, 0.1) is 0 Å². The van der Waals surface area contributed by atoms with Crippen molar-refractivity contribution in [1.29, 1.82) is 0 Å². The molecule has 0 unspecified atom stereocenters. The smallest absolute Gasteiger partial charge is 0.193 e. The Balaban J connectivity index is 1.37. The first kappa shape index (κ1) is 21.8. The zero-order valence-corrected chi connectivity index (χ0v) is 20.9. The Morgan fingerprint density at radius 2 is 1.97 bits per heavy atom. The third kappa shape index (κ3) is 3.75. The minimum absolute atomic E-state index is 0.0672. The van der Waals surface area contributed by atoms with Crippen LogP contribution in [0.2, 0.25) is 0 Å². The fourth-order valence-electron chi connectivity index (χ4n) is 4.75. The van der Waals surface area contributed by atoms with E-state index in [1.165, 1.54) is 0 Å². The van der Waals surface area contributed by atoms with Gasteiger partial charge in [0.25, 0.3) is 0 Å². The number of ether oxygens (including phenoxy) is 2. The highest BCUT2D eigenvalue weighted by molar-refractivity contribution is 9.10. The fraction of sp³-hybridized carbons (Fsp3) is 0.0714. The predicted molar refractivity (Wildman–Crippen MR) is 143 cm³/mol. The molecule has 9 heteroatoms. The highest BCUT2D eigenvalue weighted by atomic mass is 79.9. The Kier molecular flexibility index (Phi) is 5.03. The van der Waals surface area contributed by atoms with E-state index in [0.29, 0.717) is 40.1 Å². The highest BCUT2D eigenvalue weighted by Gasteiger charge is 2.24. The van der Waals surface area contributed by atoms with Crippen molar-refractivity contribution in [3.8, 4) is 22.9 Å². The molecule has 37 heavy (non-hydrogen) atoms. The number of nitrogens with zero attached hydrogens (tertiary/aromatic N) is 4. The SMILES string of the molecule is O=c1c(Cc2cccnc2)cn2c3c(cc(OCc4cccc5[nH]nnc45)cc13)Oc1ccc(Br)cc1-2. The normalized spacial score (nSPS) is 11.9. The lowest BCUT2D eigenvalue weighted by Gasteiger charge is -2.25.